The molecule has 0 aromatic heterocycles. The normalized spacial score (nSPS) is 16.0. The molecule has 1 fully saturated rings. The van der Waals surface area contributed by atoms with E-state index >= 15 is 0 Å². The van der Waals surface area contributed by atoms with Crippen molar-refractivity contribution in [2.75, 3.05) is 18.7 Å². The standard InChI is InChI=1S/C20H21N3O3S/c1-21-18(24)15-9-7-14(8-10-15)11-22-19(25)17-12-27-13-23(17)20(26)16-5-3-2-4-6-16/h2-10,17H,11-13H2,1H3,(H,21,24)(H,22,25)/t17-/m0/s1. The highest BCUT2D eigenvalue weighted by molar-refractivity contribution is 7.99. The number of nitrogens with one attached hydrogen (secondary N) is 2. The molecule has 140 valence electrons. The number of rotatable bonds is 5. The lowest BCUT2D eigenvalue weighted by atomic mass is 10.1. The summed E-state index contributed by atoms with van der Waals surface area (Å²) in [5.41, 5.74) is 2.05. The van der Waals surface area contributed by atoms with Crippen LogP contribution in [0.15, 0.2) is 54.6 Å². The van der Waals surface area contributed by atoms with Crippen molar-refractivity contribution in [1.82, 2.24) is 15.5 Å². The van der Waals surface area contributed by atoms with Crippen LogP contribution in [0, 0.1) is 0 Å². The van der Waals surface area contributed by atoms with E-state index in [4.69, 9.17) is 0 Å². The summed E-state index contributed by atoms with van der Waals surface area (Å²) >= 11 is 1.57. The molecule has 0 saturated carbocycles. The number of amides is 3. The number of benzene rings is 2. The summed E-state index contributed by atoms with van der Waals surface area (Å²) in [6, 6.07) is 15.6. The average molecular weight is 383 g/mol. The molecule has 3 rings (SSSR count). The van der Waals surface area contributed by atoms with E-state index < -0.39 is 6.04 Å². The summed E-state index contributed by atoms with van der Waals surface area (Å²) in [5.74, 6) is 0.645. The molecular formula is C20H21N3O3S. The molecule has 1 saturated heterocycles. The maximum atomic E-state index is 12.7. The maximum Gasteiger partial charge on any atom is 0.255 e. The molecule has 2 N–H and O–H groups in total. The third kappa shape index (κ3) is 4.49. The van der Waals surface area contributed by atoms with Gasteiger partial charge in [0.15, 0.2) is 0 Å². The van der Waals surface area contributed by atoms with Crippen LogP contribution in [-0.2, 0) is 11.3 Å². The van der Waals surface area contributed by atoms with Gasteiger partial charge in [-0.15, -0.1) is 11.8 Å². The van der Waals surface area contributed by atoms with Crippen molar-refractivity contribution in [2.24, 2.45) is 0 Å². The van der Waals surface area contributed by atoms with Crippen molar-refractivity contribution in [3.8, 4) is 0 Å². The minimum absolute atomic E-state index is 0.129. The van der Waals surface area contributed by atoms with Crippen molar-refractivity contribution < 1.29 is 14.4 Å². The molecular weight excluding hydrogens is 362 g/mol. The van der Waals surface area contributed by atoms with Crippen LogP contribution in [0.4, 0.5) is 0 Å². The lowest BCUT2D eigenvalue weighted by Gasteiger charge is -2.23. The van der Waals surface area contributed by atoms with Gasteiger partial charge in [-0.05, 0) is 29.8 Å². The second kappa shape index (κ2) is 8.73. The zero-order valence-corrected chi connectivity index (χ0v) is 15.8. The van der Waals surface area contributed by atoms with Crippen LogP contribution in [-0.4, -0.2) is 47.3 Å². The molecule has 27 heavy (non-hydrogen) atoms. The van der Waals surface area contributed by atoms with Crippen LogP contribution >= 0.6 is 11.8 Å². The Bertz CT molecular complexity index is 824. The molecule has 3 amide bonds. The van der Waals surface area contributed by atoms with Gasteiger partial charge in [0, 0.05) is 30.5 Å². The molecule has 6 nitrogen and oxygen atoms in total. The molecule has 2 aromatic carbocycles. The van der Waals surface area contributed by atoms with Crippen LogP contribution < -0.4 is 10.6 Å². The quantitative estimate of drug-likeness (QED) is 0.826. The van der Waals surface area contributed by atoms with Gasteiger partial charge < -0.3 is 15.5 Å². The van der Waals surface area contributed by atoms with Crippen LogP contribution in [0.1, 0.15) is 26.3 Å². The minimum atomic E-state index is -0.479. The number of carbonyl (C=O) groups excluding carboxylic acids is 3. The highest BCUT2D eigenvalue weighted by Gasteiger charge is 2.34. The Morgan fingerprint density at radius 2 is 1.74 bits per heavy atom. The fraction of sp³-hybridized carbons (Fsp3) is 0.250. The minimum Gasteiger partial charge on any atom is -0.355 e. The lowest BCUT2D eigenvalue weighted by Crippen LogP contribution is -2.47. The van der Waals surface area contributed by atoms with Gasteiger partial charge >= 0.3 is 0 Å². The first-order chi connectivity index (χ1) is 13.1. The second-order valence-electron chi connectivity index (χ2n) is 6.15. The Labute approximate surface area is 162 Å². The van der Waals surface area contributed by atoms with E-state index in [1.165, 1.54) is 0 Å². The summed E-state index contributed by atoms with van der Waals surface area (Å²) in [7, 11) is 1.58. The molecule has 7 heteroatoms. The third-order valence-electron chi connectivity index (χ3n) is 4.38. The van der Waals surface area contributed by atoms with E-state index in [9.17, 15) is 14.4 Å². The summed E-state index contributed by atoms with van der Waals surface area (Å²) in [6.45, 7) is 0.349. The highest BCUT2D eigenvalue weighted by atomic mass is 32.2. The maximum absolute atomic E-state index is 12.7. The SMILES string of the molecule is CNC(=O)c1ccc(CNC(=O)[C@@H]2CSCN2C(=O)c2ccccc2)cc1. The van der Waals surface area contributed by atoms with Gasteiger partial charge in [-0.2, -0.15) is 0 Å². The molecule has 0 spiro atoms. The fourth-order valence-corrected chi connectivity index (χ4v) is 3.99. The second-order valence-corrected chi connectivity index (χ2v) is 7.15. The summed E-state index contributed by atoms with van der Waals surface area (Å²) in [5, 5.41) is 5.46. The van der Waals surface area contributed by atoms with E-state index in [0.29, 0.717) is 29.3 Å². The Kier molecular flexibility index (Phi) is 6.13. The molecule has 2 aromatic rings. The van der Waals surface area contributed by atoms with Gasteiger partial charge in [-0.3, -0.25) is 14.4 Å². The van der Waals surface area contributed by atoms with Gasteiger partial charge in [-0.25, -0.2) is 0 Å². The number of carbonyl (C=O) groups is 3. The molecule has 1 aliphatic heterocycles. The number of thioether (sulfide) groups is 1. The molecule has 1 atom stereocenters. The first kappa shape index (κ1) is 19.0. The van der Waals surface area contributed by atoms with Crippen LogP contribution in [0.3, 0.4) is 0 Å². The van der Waals surface area contributed by atoms with Gasteiger partial charge in [0.1, 0.15) is 6.04 Å². The van der Waals surface area contributed by atoms with E-state index in [2.05, 4.69) is 10.6 Å². The van der Waals surface area contributed by atoms with Crippen LogP contribution in [0.5, 0.6) is 0 Å². The number of nitrogens with zero attached hydrogens (tertiary/aromatic N) is 1. The Hall–Kier alpha value is -2.80. The molecule has 0 radical (unpaired) electrons. The van der Waals surface area contributed by atoms with Gasteiger partial charge in [0.2, 0.25) is 5.91 Å². The molecule has 1 heterocycles. The topological polar surface area (TPSA) is 78.5 Å². The van der Waals surface area contributed by atoms with Gasteiger partial charge in [-0.1, -0.05) is 30.3 Å². The first-order valence-electron chi connectivity index (χ1n) is 8.62. The van der Waals surface area contributed by atoms with Crippen molar-refractivity contribution >= 4 is 29.5 Å². The van der Waals surface area contributed by atoms with Crippen LogP contribution in [0.2, 0.25) is 0 Å². The van der Waals surface area contributed by atoms with Gasteiger partial charge in [0.25, 0.3) is 11.8 Å². The molecule has 0 aliphatic carbocycles. The predicted octanol–water partition coefficient (Wildman–Crippen LogP) is 1.88. The van der Waals surface area contributed by atoms with Crippen molar-refractivity contribution in [2.45, 2.75) is 12.6 Å². The Morgan fingerprint density at radius 3 is 2.41 bits per heavy atom. The van der Waals surface area contributed by atoms with E-state index in [1.54, 1.807) is 60.1 Å². The summed E-state index contributed by atoms with van der Waals surface area (Å²) in [4.78, 5) is 38.4. The van der Waals surface area contributed by atoms with Crippen molar-refractivity contribution in [3.63, 3.8) is 0 Å². The number of hydrogen-bond acceptors (Lipinski definition) is 4. The molecule has 1 aliphatic rings. The predicted molar refractivity (Wildman–Crippen MR) is 105 cm³/mol. The first-order valence-corrected chi connectivity index (χ1v) is 9.78. The monoisotopic (exact) mass is 383 g/mol. The molecule has 0 unspecified atom stereocenters. The zero-order valence-electron chi connectivity index (χ0n) is 15.0. The van der Waals surface area contributed by atoms with E-state index in [0.717, 1.165) is 5.56 Å². The number of hydrogen-bond donors (Lipinski definition) is 2. The average Bonchev–Trinajstić information content (AvgIpc) is 3.22. The van der Waals surface area contributed by atoms with Gasteiger partial charge in [0.05, 0.1) is 5.88 Å². The van der Waals surface area contributed by atoms with E-state index in [1.807, 2.05) is 18.2 Å². The van der Waals surface area contributed by atoms with Crippen molar-refractivity contribution in [1.29, 1.82) is 0 Å². The van der Waals surface area contributed by atoms with Crippen molar-refractivity contribution in [3.05, 3.63) is 71.3 Å². The smallest absolute Gasteiger partial charge is 0.255 e. The zero-order chi connectivity index (χ0) is 19.2. The Balaban J connectivity index is 1.60. The van der Waals surface area contributed by atoms with E-state index in [-0.39, 0.29) is 17.7 Å². The fourth-order valence-electron chi connectivity index (χ4n) is 2.83. The summed E-state index contributed by atoms with van der Waals surface area (Å²) < 4.78 is 0. The summed E-state index contributed by atoms with van der Waals surface area (Å²) in [6.07, 6.45) is 0. The lowest BCUT2D eigenvalue weighted by molar-refractivity contribution is -0.124. The Morgan fingerprint density at radius 1 is 1.04 bits per heavy atom. The highest BCUT2D eigenvalue weighted by Crippen LogP contribution is 2.23. The third-order valence-corrected chi connectivity index (χ3v) is 5.39. The molecule has 0 bridgehead atoms. The largest absolute Gasteiger partial charge is 0.355 e. The van der Waals surface area contributed by atoms with Crippen LogP contribution in [0.25, 0.3) is 0 Å².